The summed E-state index contributed by atoms with van der Waals surface area (Å²) in [4.78, 5) is 32.1. The molecule has 0 spiro atoms. The average Bonchev–Trinajstić information content (AvgIpc) is 3.30. The van der Waals surface area contributed by atoms with Gasteiger partial charge in [-0.25, -0.2) is 9.79 Å². The molecule has 10 heteroatoms. The number of hydrogen-bond donors (Lipinski definition) is 0. The Hall–Kier alpha value is -3.85. The molecule has 42 heavy (non-hydrogen) atoms. The van der Waals surface area contributed by atoms with Gasteiger partial charge in [0.2, 0.25) is 0 Å². The van der Waals surface area contributed by atoms with Crippen molar-refractivity contribution in [1.29, 1.82) is 0 Å². The highest BCUT2D eigenvalue weighted by molar-refractivity contribution is 7.07. The number of carbonyl (C=O) groups excluding carboxylic acids is 1. The molecule has 0 N–H and O–H groups in total. The smallest absolute Gasteiger partial charge is 0.338 e. The molecule has 0 unspecified atom stereocenters. The summed E-state index contributed by atoms with van der Waals surface area (Å²) >= 11 is 13.6. The summed E-state index contributed by atoms with van der Waals surface area (Å²) in [6, 6.07) is 19.5. The van der Waals surface area contributed by atoms with Crippen LogP contribution in [0.1, 0.15) is 43.0 Å². The molecule has 1 aromatic heterocycles. The first-order valence-electron chi connectivity index (χ1n) is 13.4. The Bertz CT molecular complexity index is 1850. The molecule has 0 saturated carbocycles. The minimum Gasteiger partial charge on any atom is -0.490 e. The fourth-order valence-corrected chi connectivity index (χ4v) is 6.25. The van der Waals surface area contributed by atoms with Crippen LogP contribution in [0.2, 0.25) is 10.0 Å². The van der Waals surface area contributed by atoms with Crippen molar-refractivity contribution in [1.82, 2.24) is 4.57 Å². The largest absolute Gasteiger partial charge is 0.490 e. The van der Waals surface area contributed by atoms with Crippen LogP contribution in [0.4, 0.5) is 0 Å². The van der Waals surface area contributed by atoms with Gasteiger partial charge in [0, 0.05) is 15.6 Å². The maximum Gasteiger partial charge on any atom is 0.338 e. The van der Waals surface area contributed by atoms with Crippen molar-refractivity contribution in [2.24, 2.45) is 4.99 Å². The maximum atomic E-state index is 13.9. The number of benzene rings is 3. The number of carbonyl (C=O) groups is 1. The number of nitrogens with zero attached hydrogens (tertiary/aromatic N) is 2. The first kappa shape index (κ1) is 29.6. The molecule has 216 valence electrons. The van der Waals surface area contributed by atoms with Crippen molar-refractivity contribution in [2.75, 3.05) is 13.7 Å². The number of aromatic nitrogens is 1. The summed E-state index contributed by atoms with van der Waals surface area (Å²) in [5.41, 5.74) is 3.06. The maximum absolute atomic E-state index is 13.9. The molecule has 4 aromatic rings. The van der Waals surface area contributed by atoms with Gasteiger partial charge in [0.15, 0.2) is 16.3 Å². The monoisotopic (exact) mass is 622 g/mol. The number of hydrogen-bond acceptors (Lipinski definition) is 7. The fraction of sp³-hybridized carbons (Fsp3) is 0.219. The van der Waals surface area contributed by atoms with Gasteiger partial charge in [-0.15, -0.1) is 0 Å². The highest BCUT2D eigenvalue weighted by Gasteiger charge is 2.33. The van der Waals surface area contributed by atoms with Crippen LogP contribution in [0.25, 0.3) is 6.08 Å². The van der Waals surface area contributed by atoms with Crippen molar-refractivity contribution in [3.05, 3.63) is 124 Å². The Kier molecular flexibility index (Phi) is 9.16. The quantitative estimate of drug-likeness (QED) is 0.211. The van der Waals surface area contributed by atoms with E-state index in [4.69, 9.17) is 42.4 Å². The van der Waals surface area contributed by atoms with E-state index < -0.39 is 12.0 Å². The summed E-state index contributed by atoms with van der Waals surface area (Å²) in [7, 11) is 1.34. The van der Waals surface area contributed by atoms with Crippen LogP contribution in [-0.2, 0) is 16.1 Å². The van der Waals surface area contributed by atoms with Crippen LogP contribution in [-0.4, -0.2) is 24.3 Å². The zero-order valence-corrected chi connectivity index (χ0v) is 25.6. The first-order chi connectivity index (χ1) is 20.3. The number of halogens is 2. The molecule has 0 aliphatic carbocycles. The number of allylic oxidation sites excluding steroid dienone is 1. The molecule has 0 fully saturated rings. The molecule has 7 nitrogen and oxygen atoms in total. The topological polar surface area (TPSA) is 79.1 Å². The second kappa shape index (κ2) is 13.0. The Balaban J connectivity index is 1.55. The fourth-order valence-electron chi connectivity index (χ4n) is 4.76. The SMILES string of the molecule is CCOc1cc(/C=c2\sc3n(c2=O)[C@@H](c2ccccc2)C(C(=O)OC)=C(CC)N=3)ccc1OCc1ccc(Cl)cc1Cl. The summed E-state index contributed by atoms with van der Waals surface area (Å²) in [6.07, 6.45) is 2.31. The van der Waals surface area contributed by atoms with E-state index in [0.29, 0.717) is 55.2 Å². The number of fused-ring (bicyclic) bond motifs is 1. The standard InChI is InChI=1S/C32H28Cl2N2O5S/c1-4-24-28(31(38)39-3)29(20-9-7-6-8-10-20)36-30(37)27(42-32(36)35-24)16-19-11-14-25(26(15-19)40-5-2)41-18-21-12-13-22(33)17-23(21)34/h6-17,29H,4-5,18H2,1-3H3/b27-16-/t29-/m0/s1. The first-order valence-corrected chi connectivity index (χ1v) is 14.9. The van der Waals surface area contributed by atoms with Crippen molar-refractivity contribution in [3.63, 3.8) is 0 Å². The van der Waals surface area contributed by atoms with Crippen LogP contribution in [0, 0.1) is 0 Å². The van der Waals surface area contributed by atoms with E-state index in [-0.39, 0.29) is 12.2 Å². The van der Waals surface area contributed by atoms with E-state index in [2.05, 4.69) is 0 Å². The molecule has 1 atom stereocenters. The minimum absolute atomic E-state index is 0.232. The lowest BCUT2D eigenvalue weighted by Gasteiger charge is -2.25. The zero-order valence-electron chi connectivity index (χ0n) is 23.2. The van der Waals surface area contributed by atoms with Gasteiger partial charge in [-0.1, -0.05) is 83.9 Å². The Morgan fingerprint density at radius 2 is 1.81 bits per heavy atom. The summed E-state index contributed by atoms with van der Waals surface area (Å²) in [5.74, 6) is 0.573. The zero-order chi connectivity index (χ0) is 29.8. The van der Waals surface area contributed by atoms with Gasteiger partial charge in [-0.3, -0.25) is 9.36 Å². The summed E-state index contributed by atoms with van der Waals surface area (Å²) in [5, 5.41) is 1.07. The van der Waals surface area contributed by atoms with Crippen molar-refractivity contribution in [2.45, 2.75) is 32.9 Å². The van der Waals surface area contributed by atoms with Gasteiger partial charge in [0.25, 0.3) is 5.56 Å². The van der Waals surface area contributed by atoms with Crippen molar-refractivity contribution in [3.8, 4) is 11.5 Å². The van der Waals surface area contributed by atoms with Gasteiger partial charge in [-0.2, -0.15) is 0 Å². The van der Waals surface area contributed by atoms with E-state index >= 15 is 0 Å². The van der Waals surface area contributed by atoms with Crippen LogP contribution in [0.15, 0.2) is 87.8 Å². The summed E-state index contributed by atoms with van der Waals surface area (Å²) in [6.45, 7) is 4.48. The van der Waals surface area contributed by atoms with Gasteiger partial charge in [0.05, 0.1) is 35.6 Å². The molecular formula is C32H28Cl2N2O5S. The van der Waals surface area contributed by atoms with Gasteiger partial charge in [-0.05, 0) is 54.8 Å². The number of thiazole rings is 1. The number of ether oxygens (including phenoxy) is 3. The molecule has 1 aliphatic rings. The minimum atomic E-state index is -0.651. The Morgan fingerprint density at radius 3 is 2.50 bits per heavy atom. The van der Waals surface area contributed by atoms with Crippen molar-refractivity contribution < 1.29 is 19.0 Å². The van der Waals surface area contributed by atoms with E-state index in [0.717, 1.165) is 16.7 Å². The summed E-state index contributed by atoms with van der Waals surface area (Å²) < 4.78 is 19.1. The number of esters is 1. The number of rotatable bonds is 9. The lowest BCUT2D eigenvalue weighted by atomic mass is 9.95. The molecule has 0 radical (unpaired) electrons. The van der Waals surface area contributed by atoms with Gasteiger partial charge >= 0.3 is 5.97 Å². The second-order valence-corrected chi connectivity index (χ2v) is 11.2. The van der Waals surface area contributed by atoms with Gasteiger partial charge in [0.1, 0.15) is 6.61 Å². The molecule has 0 saturated heterocycles. The lowest BCUT2D eigenvalue weighted by molar-refractivity contribution is -0.136. The molecule has 0 bridgehead atoms. The van der Waals surface area contributed by atoms with Gasteiger partial charge < -0.3 is 14.2 Å². The van der Waals surface area contributed by atoms with Crippen molar-refractivity contribution >= 4 is 46.6 Å². The van der Waals surface area contributed by atoms with Crippen LogP contribution in [0.3, 0.4) is 0 Å². The molecular weight excluding hydrogens is 595 g/mol. The lowest BCUT2D eigenvalue weighted by Crippen LogP contribution is -2.40. The average molecular weight is 624 g/mol. The third-order valence-corrected chi connectivity index (χ3v) is 8.30. The predicted octanol–water partition coefficient (Wildman–Crippen LogP) is 6.08. The predicted molar refractivity (Wildman–Crippen MR) is 165 cm³/mol. The normalized spacial score (nSPS) is 14.8. The molecule has 1 aliphatic heterocycles. The Morgan fingerprint density at radius 1 is 1.02 bits per heavy atom. The molecule has 3 aromatic carbocycles. The molecule has 0 amide bonds. The van der Waals surface area contributed by atoms with Crippen LogP contribution in [0.5, 0.6) is 11.5 Å². The van der Waals surface area contributed by atoms with E-state index in [1.54, 1.807) is 28.8 Å². The second-order valence-electron chi connectivity index (χ2n) is 9.36. The number of methoxy groups -OCH3 is 1. The van der Waals surface area contributed by atoms with E-state index in [9.17, 15) is 9.59 Å². The third kappa shape index (κ3) is 6.02. The molecule has 2 heterocycles. The third-order valence-electron chi connectivity index (χ3n) is 6.73. The highest BCUT2D eigenvalue weighted by atomic mass is 35.5. The Labute approximate surface area is 256 Å². The van der Waals surface area contributed by atoms with E-state index in [1.807, 2.05) is 62.4 Å². The van der Waals surface area contributed by atoms with Crippen LogP contribution >= 0.6 is 34.5 Å². The molecule has 5 rings (SSSR count). The van der Waals surface area contributed by atoms with E-state index in [1.165, 1.54) is 18.4 Å². The van der Waals surface area contributed by atoms with Crippen LogP contribution < -0.4 is 24.4 Å². The highest BCUT2D eigenvalue weighted by Crippen LogP contribution is 2.33.